The molecule has 2 atom stereocenters. The first-order valence-corrected chi connectivity index (χ1v) is 21.0. The van der Waals surface area contributed by atoms with Crippen LogP contribution in [0.4, 0.5) is 0 Å². The molecule has 0 radical (unpaired) electrons. The van der Waals surface area contributed by atoms with Crippen LogP contribution in [-0.2, 0) is 14.3 Å². The second-order valence-corrected chi connectivity index (χ2v) is 14.9. The van der Waals surface area contributed by atoms with E-state index in [1.807, 2.05) is 0 Å². The van der Waals surface area contributed by atoms with Crippen molar-refractivity contribution in [3.05, 3.63) is 0 Å². The Bertz CT molecular complexity index is 683. The van der Waals surface area contributed by atoms with Gasteiger partial charge < -0.3 is 14.5 Å². The van der Waals surface area contributed by atoms with Crippen molar-refractivity contribution in [3.8, 4) is 0 Å². The molecule has 0 aromatic rings. The van der Waals surface area contributed by atoms with Crippen molar-refractivity contribution in [2.45, 2.75) is 220 Å². The normalized spacial score (nSPS) is 12.8. The van der Waals surface area contributed by atoms with Crippen molar-refractivity contribution in [3.63, 3.8) is 0 Å². The zero-order chi connectivity index (χ0) is 34.8. The van der Waals surface area contributed by atoms with Gasteiger partial charge in [-0.2, -0.15) is 0 Å². The molecule has 0 aliphatic rings. The highest BCUT2D eigenvalue weighted by Gasteiger charge is 2.23. The molecule has 280 valence electrons. The van der Waals surface area contributed by atoms with Crippen LogP contribution < -0.4 is 0 Å². The molecule has 5 heteroatoms. The lowest BCUT2D eigenvalue weighted by molar-refractivity contribution is -0.149. The van der Waals surface area contributed by atoms with E-state index in [0.717, 1.165) is 90.1 Å². The van der Waals surface area contributed by atoms with Gasteiger partial charge in [0.2, 0.25) is 5.91 Å². The number of ether oxygens (including phenoxy) is 1. The molecule has 0 fully saturated rings. The quantitative estimate of drug-likeness (QED) is 0.0494. The molecule has 0 aromatic carbocycles. The molecule has 0 bridgehead atoms. The molecular formula is C42H84N2O3. The van der Waals surface area contributed by atoms with E-state index in [-0.39, 0.29) is 11.9 Å². The number of unbranched alkanes of at least 4 members (excludes halogenated alkanes) is 18. The van der Waals surface area contributed by atoms with E-state index in [0.29, 0.717) is 18.6 Å². The van der Waals surface area contributed by atoms with E-state index < -0.39 is 0 Å². The number of carbonyl (C=O) groups is 2. The lowest BCUT2D eigenvalue weighted by Gasteiger charge is -2.33. The lowest BCUT2D eigenvalue weighted by atomic mass is 9.95. The van der Waals surface area contributed by atoms with Gasteiger partial charge in [-0.3, -0.25) is 9.59 Å². The average Bonchev–Trinajstić information content (AvgIpc) is 3.05. The van der Waals surface area contributed by atoms with E-state index in [9.17, 15) is 9.59 Å². The number of carbonyl (C=O) groups excluding carboxylic acids is 2. The molecule has 0 saturated carbocycles. The number of esters is 1. The zero-order valence-electron chi connectivity index (χ0n) is 32.9. The summed E-state index contributed by atoms with van der Waals surface area (Å²) in [6.45, 7) is 11.5. The maximum absolute atomic E-state index is 13.5. The summed E-state index contributed by atoms with van der Waals surface area (Å²) < 4.78 is 5.75. The second-order valence-electron chi connectivity index (χ2n) is 14.9. The van der Waals surface area contributed by atoms with Gasteiger partial charge in [0, 0.05) is 19.0 Å². The third-order valence-electron chi connectivity index (χ3n) is 9.97. The van der Waals surface area contributed by atoms with Crippen LogP contribution in [0.3, 0.4) is 0 Å². The van der Waals surface area contributed by atoms with Crippen LogP contribution in [-0.4, -0.2) is 61.5 Å². The Morgan fingerprint density at radius 2 is 0.936 bits per heavy atom. The Labute approximate surface area is 295 Å². The standard InChI is InChI=1S/C42H84N2O3/c1-7-11-15-17-23-28-35-41(45)44(37-30-36-43(5)6)40(33-25-13-9-3)34-27-22-19-18-20-24-29-38-47-42(46)39(31-14-10-4)32-26-21-16-12-8-2/h39-40H,7-38H2,1-6H3. The van der Waals surface area contributed by atoms with E-state index in [1.54, 1.807) is 0 Å². The minimum atomic E-state index is 0.0589. The Hall–Kier alpha value is -1.10. The van der Waals surface area contributed by atoms with E-state index in [2.05, 4.69) is 51.6 Å². The third kappa shape index (κ3) is 28.4. The molecule has 47 heavy (non-hydrogen) atoms. The van der Waals surface area contributed by atoms with Crippen molar-refractivity contribution in [1.29, 1.82) is 0 Å². The van der Waals surface area contributed by atoms with Crippen molar-refractivity contribution in [2.24, 2.45) is 5.92 Å². The van der Waals surface area contributed by atoms with Crippen molar-refractivity contribution >= 4 is 11.9 Å². The maximum Gasteiger partial charge on any atom is 0.308 e. The fourth-order valence-corrected chi connectivity index (χ4v) is 6.84. The van der Waals surface area contributed by atoms with Crippen LogP contribution in [0.1, 0.15) is 214 Å². The predicted octanol–water partition coefficient (Wildman–Crippen LogP) is 12.3. The van der Waals surface area contributed by atoms with Crippen LogP contribution in [0.2, 0.25) is 0 Å². The molecular weight excluding hydrogens is 580 g/mol. The van der Waals surface area contributed by atoms with Gasteiger partial charge >= 0.3 is 5.97 Å². The maximum atomic E-state index is 13.5. The van der Waals surface area contributed by atoms with Gasteiger partial charge in [-0.1, -0.05) is 163 Å². The van der Waals surface area contributed by atoms with Gasteiger partial charge in [0.05, 0.1) is 12.5 Å². The smallest absolute Gasteiger partial charge is 0.308 e. The Balaban J connectivity index is 4.54. The molecule has 0 aliphatic heterocycles. The third-order valence-corrected chi connectivity index (χ3v) is 9.97. The van der Waals surface area contributed by atoms with E-state index in [4.69, 9.17) is 4.74 Å². The lowest BCUT2D eigenvalue weighted by Crippen LogP contribution is -2.41. The minimum Gasteiger partial charge on any atom is -0.465 e. The summed E-state index contributed by atoms with van der Waals surface area (Å²) in [7, 11) is 4.27. The molecule has 0 saturated heterocycles. The van der Waals surface area contributed by atoms with Crippen molar-refractivity contribution in [1.82, 2.24) is 9.80 Å². The number of hydrogen-bond acceptors (Lipinski definition) is 4. The summed E-state index contributed by atoms with van der Waals surface area (Å²) in [6, 6.07) is 0.406. The fraction of sp³-hybridized carbons (Fsp3) is 0.952. The summed E-state index contributed by atoms with van der Waals surface area (Å²) in [5, 5.41) is 0. The monoisotopic (exact) mass is 665 g/mol. The molecule has 2 unspecified atom stereocenters. The van der Waals surface area contributed by atoms with Crippen LogP contribution in [0.5, 0.6) is 0 Å². The Morgan fingerprint density at radius 1 is 0.489 bits per heavy atom. The van der Waals surface area contributed by atoms with Gasteiger partial charge in [-0.15, -0.1) is 0 Å². The highest BCUT2D eigenvalue weighted by molar-refractivity contribution is 5.76. The fourth-order valence-electron chi connectivity index (χ4n) is 6.84. The molecule has 0 rings (SSSR count). The first-order valence-electron chi connectivity index (χ1n) is 21.0. The van der Waals surface area contributed by atoms with Gasteiger partial charge in [0.25, 0.3) is 0 Å². The topological polar surface area (TPSA) is 49.9 Å². The highest BCUT2D eigenvalue weighted by atomic mass is 16.5. The number of hydrogen-bond donors (Lipinski definition) is 0. The summed E-state index contributed by atoms with van der Waals surface area (Å²) in [4.78, 5) is 30.8. The molecule has 0 heterocycles. The van der Waals surface area contributed by atoms with Gasteiger partial charge in [0.15, 0.2) is 0 Å². The molecule has 0 aromatic heterocycles. The van der Waals surface area contributed by atoms with Crippen LogP contribution in [0.25, 0.3) is 0 Å². The van der Waals surface area contributed by atoms with Crippen molar-refractivity contribution in [2.75, 3.05) is 33.8 Å². The Morgan fingerprint density at radius 3 is 1.51 bits per heavy atom. The molecule has 0 aliphatic carbocycles. The number of amides is 1. The zero-order valence-corrected chi connectivity index (χ0v) is 32.9. The summed E-state index contributed by atoms with van der Waals surface area (Å²) in [6.07, 6.45) is 34.1. The molecule has 0 N–H and O–H groups in total. The first-order chi connectivity index (χ1) is 22.9. The van der Waals surface area contributed by atoms with Gasteiger partial charge in [0.1, 0.15) is 0 Å². The molecule has 5 nitrogen and oxygen atoms in total. The summed E-state index contributed by atoms with van der Waals surface area (Å²) in [5.41, 5.74) is 0. The molecule has 1 amide bonds. The van der Waals surface area contributed by atoms with Crippen LogP contribution in [0.15, 0.2) is 0 Å². The SMILES string of the molecule is CCCCCCCCC(=O)N(CCCN(C)C)C(CCCCC)CCCCCCCCCOC(=O)C(CCCC)CCCCCCC. The molecule has 0 spiro atoms. The Kier molecular flexibility index (Phi) is 33.9. The predicted molar refractivity (Wildman–Crippen MR) is 205 cm³/mol. The summed E-state index contributed by atoms with van der Waals surface area (Å²) >= 11 is 0. The number of nitrogens with zero attached hydrogens (tertiary/aromatic N) is 2. The van der Waals surface area contributed by atoms with Gasteiger partial charge in [-0.25, -0.2) is 0 Å². The van der Waals surface area contributed by atoms with Crippen LogP contribution >= 0.6 is 0 Å². The van der Waals surface area contributed by atoms with Crippen LogP contribution in [0, 0.1) is 5.92 Å². The minimum absolute atomic E-state index is 0.0589. The summed E-state index contributed by atoms with van der Waals surface area (Å²) in [5.74, 6) is 0.575. The van der Waals surface area contributed by atoms with Gasteiger partial charge in [-0.05, 0) is 65.6 Å². The highest BCUT2D eigenvalue weighted by Crippen LogP contribution is 2.22. The van der Waals surface area contributed by atoms with E-state index >= 15 is 0 Å². The second kappa shape index (κ2) is 34.8. The van der Waals surface area contributed by atoms with E-state index in [1.165, 1.54) is 109 Å². The average molecular weight is 665 g/mol. The largest absolute Gasteiger partial charge is 0.465 e. The van der Waals surface area contributed by atoms with Crippen molar-refractivity contribution < 1.29 is 14.3 Å². The first kappa shape index (κ1) is 45.9. The number of rotatable bonds is 36.